The van der Waals surface area contributed by atoms with Gasteiger partial charge in [-0.15, -0.1) is 0 Å². The van der Waals surface area contributed by atoms with Crippen molar-refractivity contribution in [2.75, 3.05) is 27.3 Å². The molecule has 0 heterocycles. The number of hydrogen-bond acceptors (Lipinski definition) is 6. The van der Waals surface area contributed by atoms with E-state index >= 15 is 0 Å². The Bertz CT molecular complexity index is 1030. The monoisotopic (exact) mass is 488 g/mol. The van der Waals surface area contributed by atoms with Crippen LogP contribution in [0.15, 0.2) is 47.4 Å². The Morgan fingerprint density at radius 2 is 1.71 bits per heavy atom. The van der Waals surface area contributed by atoms with Crippen LogP contribution in [0.25, 0.3) is 0 Å². The van der Waals surface area contributed by atoms with Crippen molar-refractivity contribution in [3.63, 3.8) is 0 Å². The van der Waals surface area contributed by atoms with Crippen molar-refractivity contribution in [3.8, 4) is 5.75 Å². The maximum atomic E-state index is 12.3. The van der Waals surface area contributed by atoms with Crippen LogP contribution in [-0.2, 0) is 30.9 Å². The zero-order valence-electron chi connectivity index (χ0n) is 16.9. The van der Waals surface area contributed by atoms with Gasteiger partial charge in [-0.2, -0.15) is 0 Å². The number of methoxy groups -OCH3 is 1. The van der Waals surface area contributed by atoms with Gasteiger partial charge in [0.25, 0.3) is 5.91 Å². The van der Waals surface area contributed by atoms with Gasteiger partial charge < -0.3 is 14.4 Å². The number of rotatable bonds is 10. The van der Waals surface area contributed by atoms with E-state index in [1.54, 1.807) is 13.1 Å². The molecule has 0 fully saturated rings. The lowest BCUT2D eigenvalue weighted by Crippen LogP contribution is -2.32. The number of carbonyl (C=O) groups is 2. The van der Waals surface area contributed by atoms with Gasteiger partial charge in [-0.3, -0.25) is 9.59 Å². The van der Waals surface area contributed by atoms with Crippen molar-refractivity contribution in [3.05, 3.63) is 58.1 Å². The van der Waals surface area contributed by atoms with Crippen LogP contribution in [-0.4, -0.2) is 52.5 Å². The highest BCUT2D eigenvalue weighted by Gasteiger charge is 2.22. The standard InChI is InChI=1S/C20H22Cl2N2O6S/c1-24(12-14-6-3-4-9-17(14)29-2)18(25)13-30-19(26)10-11-23-31(27,28)20-15(21)7-5-8-16(20)22/h3-9,23H,10-13H2,1-2H3. The number of sulfonamides is 1. The second-order valence-electron chi connectivity index (χ2n) is 6.42. The fraction of sp³-hybridized carbons (Fsp3) is 0.300. The molecule has 0 unspecified atom stereocenters. The van der Waals surface area contributed by atoms with Gasteiger partial charge in [0.15, 0.2) is 6.61 Å². The zero-order valence-corrected chi connectivity index (χ0v) is 19.3. The summed E-state index contributed by atoms with van der Waals surface area (Å²) < 4.78 is 37.1. The van der Waals surface area contributed by atoms with Crippen LogP contribution in [0, 0.1) is 0 Å². The summed E-state index contributed by atoms with van der Waals surface area (Å²) in [4.78, 5) is 25.2. The van der Waals surface area contributed by atoms with Crippen molar-refractivity contribution in [1.29, 1.82) is 0 Å². The van der Waals surface area contributed by atoms with E-state index in [0.717, 1.165) is 5.56 Å². The van der Waals surface area contributed by atoms with E-state index in [4.69, 9.17) is 32.7 Å². The lowest BCUT2D eigenvalue weighted by atomic mass is 10.2. The normalized spacial score (nSPS) is 11.1. The molecule has 0 bridgehead atoms. The molecule has 0 aliphatic carbocycles. The van der Waals surface area contributed by atoms with Crippen LogP contribution in [0.3, 0.4) is 0 Å². The number of carbonyl (C=O) groups excluding carboxylic acids is 2. The molecule has 31 heavy (non-hydrogen) atoms. The first-order chi connectivity index (χ1) is 14.7. The summed E-state index contributed by atoms with van der Waals surface area (Å²) >= 11 is 11.8. The summed E-state index contributed by atoms with van der Waals surface area (Å²) in [5.41, 5.74) is 0.805. The summed E-state index contributed by atoms with van der Waals surface area (Å²) in [6, 6.07) is 11.6. The molecule has 2 aromatic carbocycles. The molecular formula is C20H22Cl2N2O6S. The minimum Gasteiger partial charge on any atom is -0.496 e. The summed E-state index contributed by atoms with van der Waals surface area (Å²) in [5.74, 6) is -0.500. The first kappa shape index (κ1) is 24.9. The van der Waals surface area contributed by atoms with Gasteiger partial charge in [-0.1, -0.05) is 47.5 Å². The van der Waals surface area contributed by atoms with Gasteiger partial charge in [0, 0.05) is 25.7 Å². The van der Waals surface area contributed by atoms with Gasteiger partial charge in [0.05, 0.1) is 23.6 Å². The van der Waals surface area contributed by atoms with Crippen LogP contribution in [0.1, 0.15) is 12.0 Å². The van der Waals surface area contributed by atoms with Crippen molar-refractivity contribution in [1.82, 2.24) is 9.62 Å². The summed E-state index contributed by atoms with van der Waals surface area (Å²) in [6.45, 7) is -0.430. The number of likely N-dealkylation sites (N-methyl/N-ethyl adjacent to an activating group) is 1. The average molecular weight is 489 g/mol. The molecule has 1 amide bonds. The van der Waals surface area contributed by atoms with E-state index in [0.29, 0.717) is 5.75 Å². The number of halogens is 2. The Kier molecular flexibility index (Phi) is 9.12. The highest BCUT2D eigenvalue weighted by Crippen LogP contribution is 2.28. The number of nitrogens with zero attached hydrogens (tertiary/aromatic N) is 1. The molecule has 0 spiro atoms. The number of esters is 1. The highest BCUT2D eigenvalue weighted by atomic mass is 35.5. The van der Waals surface area contributed by atoms with E-state index in [1.807, 2.05) is 18.2 Å². The maximum absolute atomic E-state index is 12.3. The van der Waals surface area contributed by atoms with Crippen molar-refractivity contribution in [2.45, 2.75) is 17.9 Å². The number of amides is 1. The molecule has 0 radical (unpaired) electrons. The fourth-order valence-corrected chi connectivity index (χ4v) is 4.77. The van der Waals surface area contributed by atoms with E-state index < -0.39 is 28.5 Å². The van der Waals surface area contributed by atoms with Crippen LogP contribution in [0.5, 0.6) is 5.75 Å². The summed E-state index contributed by atoms with van der Waals surface area (Å²) in [6.07, 6.45) is -0.273. The lowest BCUT2D eigenvalue weighted by Gasteiger charge is -2.18. The molecule has 0 saturated carbocycles. The molecule has 2 rings (SSSR count). The predicted molar refractivity (Wildman–Crippen MR) is 117 cm³/mol. The molecule has 168 valence electrons. The number of benzene rings is 2. The molecule has 1 N–H and O–H groups in total. The quantitative estimate of drug-likeness (QED) is 0.515. The molecule has 0 aromatic heterocycles. The zero-order chi connectivity index (χ0) is 23.0. The van der Waals surface area contributed by atoms with Gasteiger partial charge >= 0.3 is 5.97 Å². The van der Waals surface area contributed by atoms with E-state index in [1.165, 1.54) is 30.2 Å². The van der Waals surface area contributed by atoms with E-state index in [-0.39, 0.29) is 34.5 Å². The first-order valence-electron chi connectivity index (χ1n) is 9.11. The van der Waals surface area contributed by atoms with Gasteiger partial charge in [0.2, 0.25) is 10.0 Å². The van der Waals surface area contributed by atoms with Crippen LogP contribution in [0.4, 0.5) is 0 Å². The van der Waals surface area contributed by atoms with Gasteiger partial charge in [-0.25, -0.2) is 13.1 Å². The molecule has 0 aliphatic rings. The third-order valence-corrected chi connectivity index (χ3v) is 6.61. The van der Waals surface area contributed by atoms with Gasteiger partial charge in [-0.05, 0) is 18.2 Å². The van der Waals surface area contributed by atoms with Crippen molar-refractivity contribution in [2.24, 2.45) is 0 Å². The highest BCUT2D eigenvalue weighted by molar-refractivity contribution is 7.89. The van der Waals surface area contributed by atoms with Crippen LogP contribution in [0.2, 0.25) is 10.0 Å². The number of para-hydroxylation sites is 1. The molecule has 2 aromatic rings. The molecule has 0 aliphatic heterocycles. The minimum absolute atomic E-state index is 0.0359. The summed E-state index contributed by atoms with van der Waals surface area (Å²) in [7, 11) is -0.900. The Labute approximate surface area is 191 Å². The van der Waals surface area contributed by atoms with Crippen molar-refractivity contribution < 1.29 is 27.5 Å². The number of ether oxygens (including phenoxy) is 2. The fourth-order valence-electron chi connectivity index (χ4n) is 2.60. The van der Waals surface area contributed by atoms with Crippen LogP contribution >= 0.6 is 23.2 Å². The SMILES string of the molecule is COc1ccccc1CN(C)C(=O)COC(=O)CCNS(=O)(=O)c1c(Cl)cccc1Cl. The predicted octanol–water partition coefficient (Wildman–Crippen LogP) is 2.87. The Hall–Kier alpha value is -2.33. The molecular weight excluding hydrogens is 467 g/mol. The van der Waals surface area contributed by atoms with Crippen LogP contribution < -0.4 is 9.46 Å². The smallest absolute Gasteiger partial charge is 0.307 e. The van der Waals surface area contributed by atoms with E-state index in [2.05, 4.69) is 4.72 Å². The Balaban J connectivity index is 1.80. The largest absolute Gasteiger partial charge is 0.496 e. The third kappa shape index (κ3) is 7.10. The second-order valence-corrected chi connectivity index (χ2v) is 8.94. The average Bonchev–Trinajstić information content (AvgIpc) is 2.71. The van der Waals surface area contributed by atoms with E-state index in [9.17, 15) is 18.0 Å². The number of nitrogens with one attached hydrogen (secondary N) is 1. The molecule has 0 atom stereocenters. The maximum Gasteiger partial charge on any atom is 0.307 e. The molecule has 11 heteroatoms. The molecule has 0 saturated heterocycles. The van der Waals surface area contributed by atoms with Gasteiger partial charge in [0.1, 0.15) is 10.6 Å². The molecule has 8 nitrogen and oxygen atoms in total. The Morgan fingerprint density at radius 1 is 1.06 bits per heavy atom. The number of hydrogen-bond donors (Lipinski definition) is 1. The second kappa shape index (κ2) is 11.3. The lowest BCUT2D eigenvalue weighted by molar-refractivity contribution is -0.151. The minimum atomic E-state index is -4.01. The third-order valence-electron chi connectivity index (χ3n) is 4.19. The van der Waals surface area contributed by atoms with Crippen molar-refractivity contribution >= 4 is 45.1 Å². The first-order valence-corrected chi connectivity index (χ1v) is 11.3. The Morgan fingerprint density at radius 3 is 2.35 bits per heavy atom. The topological polar surface area (TPSA) is 102 Å². The summed E-state index contributed by atoms with van der Waals surface area (Å²) in [5, 5.41) is -0.0717.